The molecule has 0 bridgehead atoms. The van der Waals surface area contributed by atoms with Gasteiger partial charge in [0.1, 0.15) is 11.8 Å². The SMILES string of the molecule is CC(Sc1nnc(NC2CC2)s1)C(=O)Nc1ncnc2nc[nH]c12. The average Bonchev–Trinajstić information content (AvgIpc) is 3.07. The monoisotopic (exact) mass is 362 g/mol. The predicted molar refractivity (Wildman–Crippen MR) is 92.2 cm³/mol. The van der Waals surface area contributed by atoms with Crippen LogP contribution in [0.4, 0.5) is 10.9 Å². The van der Waals surface area contributed by atoms with Crippen LogP contribution in [0.1, 0.15) is 19.8 Å². The zero-order valence-corrected chi connectivity index (χ0v) is 14.3. The second-order valence-electron chi connectivity index (χ2n) is 5.36. The van der Waals surface area contributed by atoms with Gasteiger partial charge in [-0.15, -0.1) is 10.2 Å². The van der Waals surface area contributed by atoms with Gasteiger partial charge in [0.2, 0.25) is 11.0 Å². The minimum atomic E-state index is -0.334. The Morgan fingerprint density at radius 3 is 3.08 bits per heavy atom. The number of thioether (sulfide) groups is 1. The van der Waals surface area contributed by atoms with Crippen molar-refractivity contribution in [3.63, 3.8) is 0 Å². The van der Waals surface area contributed by atoms with E-state index in [9.17, 15) is 4.79 Å². The third kappa shape index (κ3) is 3.31. The molecule has 3 heterocycles. The Morgan fingerprint density at radius 2 is 2.25 bits per heavy atom. The zero-order chi connectivity index (χ0) is 16.5. The van der Waals surface area contributed by atoms with Crippen LogP contribution >= 0.6 is 23.1 Å². The van der Waals surface area contributed by atoms with Crippen molar-refractivity contribution in [1.82, 2.24) is 30.1 Å². The molecule has 1 amide bonds. The van der Waals surface area contributed by atoms with Gasteiger partial charge in [-0.2, -0.15) is 0 Å². The van der Waals surface area contributed by atoms with Gasteiger partial charge in [-0.25, -0.2) is 15.0 Å². The zero-order valence-electron chi connectivity index (χ0n) is 12.7. The van der Waals surface area contributed by atoms with E-state index >= 15 is 0 Å². The minimum absolute atomic E-state index is 0.165. The Bertz CT molecular complexity index is 874. The minimum Gasteiger partial charge on any atom is -0.357 e. The lowest BCUT2D eigenvalue weighted by molar-refractivity contribution is -0.115. The summed E-state index contributed by atoms with van der Waals surface area (Å²) in [6, 6.07) is 0.533. The molecule has 24 heavy (non-hydrogen) atoms. The van der Waals surface area contributed by atoms with Crippen LogP contribution in [0.25, 0.3) is 11.2 Å². The third-order valence-electron chi connectivity index (χ3n) is 3.42. The van der Waals surface area contributed by atoms with E-state index in [2.05, 4.69) is 40.8 Å². The summed E-state index contributed by atoms with van der Waals surface area (Å²) < 4.78 is 0.759. The quantitative estimate of drug-likeness (QED) is 0.568. The number of nitrogens with zero attached hydrogens (tertiary/aromatic N) is 5. The fourth-order valence-electron chi connectivity index (χ4n) is 2.00. The van der Waals surface area contributed by atoms with Gasteiger partial charge in [0.25, 0.3) is 0 Å². The Kier molecular flexibility index (Phi) is 4.02. The number of hydrogen-bond donors (Lipinski definition) is 3. The number of imidazole rings is 1. The molecule has 1 unspecified atom stereocenters. The lowest BCUT2D eigenvalue weighted by atomic mass is 10.4. The molecule has 1 aliphatic carbocycles. The van der Waals surface area contributed by atoms with Crippen LogP contribution in [-0.2, 0) is 4.79 Å². The first-order valence-electron chi connectivity index (χ1n) is 7.40. The molecular formula is C13H14N8OS2. The summed E-state index contributed by atoms with van der Waals surface area (Å²) >= 11 is 2.84. The van der Waals surface area contributed by atoms with Crippen LogP contribution in [0.15, 0.2) is 17.0 Å². The lowest BCUT2D eigenvalue weighted by Gasteiger charge is -2.09. The molecule has 3 aromatic rings. The summed E-state index contributed by atoms with van der Waals surface area (Å²) in [4.78, 5) is 27.5. The number of aromatic nitrogens is 6. The number of carbonyl (C=O) groups excluding carboxylic acids is 1. The van der Waals surface area contributed by atoms with E-state index in [1.807, 2.05) is 6.92 Å². The standard InChI is InChI=1S/C13H14N8OS2/c1-6(23-13-21-20-12(24-13)18-7-2-3-7)11(22)19-10-8-9(15-4-14-8)16-5-17-10/h4-7H,2-3H2,1H3,(H,18,20)(H2,14,15,16,17,19,22). The lowest BCUT2D eigenvalue weighted by Crippen LogP contribution is -2.23. The van der Waals surface area contributed by atoms with E-state index in [1.165, 1.54) is 48.6 Å². The largest absolute Gasteiger partial charge is 0.357 e. The Labute approximate surface area is 145 Å². The van der Waals surface area contributed by atoms with Crippen LogP contribution < -0.4 is 10.6 Å². The topological polar surface area (TPSA) is 121 Å². The number of amides is 1. The molecule has 4 rings (SSSR count). The van der Waals surface area contributed by atoms with Crippen molar-refractivity contribution in [2.75, 3.05) is 10.6 Å². The van der Waals surface area contributed by atoms with Crippen molar-refractivity contribution in [1.29, 1.82) is 0 Å². The Morgan fingerprint density at radius 1 is 1.38 bits per heavy atom. The summed E-state index contributed by atoms with van der Waals surface area (Å²) in [5.41, 5.74) is 1.12. The highest BCUT2D eigenvalue weighted by Crippen LogP contribution is 2.32. The summed E-state index contributed by atoms with van der Waals surface area (Å²) in [7, 11) is 0. The molecule has 0 aliphatic heterocycles. The van der Waals surface area contributed by atoms with E-state index < -0.39 is 0 Å². The van der Waals surface area contributed by atoms with Crippen LogP contribution in [0, 0.1) is 0 Å². The van der Waals surface area contributed by atoms with E-state index in [0.717, 1.165) is 9.47 Å². The molecule has 9 nitrogen and oxygen atoms in total. The Balaban J connectivity index is 1.40. The highest BCUT2D eigenvalue weighted by atomic mass is 32.2. The molecule has 0 saturated heterocycles. The van der Waals surface area contributed by atoms with Crippen LogP contribution in [0.2, 0.25) is 0 Å². The van der Waals surface area contributed by atoms with Gasteiger partial charge in [-0.05, 0) is 19.8 Å². The van der Waals surface area contributed by atoms with Crippen LogP contribution in [-0.4, -0.2) is 47.3 Å². The Hall–Kier alpha value is -2.27. The van der Waals surface area contributed by atoms with E-state index in [-0.39, 0.29) is 11.2 Å². The van der Waals surface area contributed by atoms with Crippen LogP contribution in [0.3, 0.4) is 0 Å². The van der Waals surface area contributed by atoms with Crippen molar-refractivity contribution in [3.8, 4) is 0 Å². The van der Waals surface area contributed by atoms with E-state index in [0.29, 0.717) is 23.0 Å². The molecule has 1 atom stereocenters. The number of hydrogen-bond acceptors (Lipinski definition) is 9. The van der Waals surface area contributed by atoms with E-state index in [1.54, 1.807) is 0 Å². The highest BCUT2D eigenvalue weighted by molar-refractivity contribution is 8.02. The molecule has 0 spiro atoms. The van der Waals surface area contributed by atoms with Crippen molar-refractivity contribution in [3.05, 3.63) is 12.7 Å². The van der Waals surface area contributed by atoms with Crippen molar-refractivity contribution >= 4 is 51.1 Å². The van der Waals surface area contributed by atoms with Gasteiger partial charge in [-0.1, -0.05) is 23.1 Å². The first-order valence-corrected chi connectivity index (χ1v) is 9.10. The second-order valence-corrected chi connectivity index (χ2v) is 7.93. The normalized spacial score (nSPS) is 15.4. The fourth-order valence-corrected chi connectivity index (χ4v) is 3.97. The predicted octanol–water partition coefficient (Wildman–Crippen LogP) is 1.90. The molecule has 1 saturated carbocycles. The average molecular weight is 362 g/mol. The number of nitrogens with one attached hydrogen (secondary N) is 3. The number of rotatable bonds is 6. The molecule has 0 aromatic carbocycles. The first-order chi connectivity index (χ1) is 11.7. The number of fused-ring (bicyclic) bond motifs is 1. The van der Waals surface area contributed by atoms with Crippen LogP contribution in [0.5, 0.6) is 0 Å². The van der Waals surface area contributed by atoms with Gasteiger partial charge in [0.15, 0.2) is 15.8 Å². The molecule has 1 aliphatic rings. The smallest absolute Gasteiger partial charge is 0.238 e. The molecule has 124 valence electrons. The van der Waals surface area contributed by atoms with Crippen molar-refractivity contribution in [2.45, 2.75) is 35.4 Å². The molecular weight excluding hydrogens is 348 g/mol. The molecule has 3 N–H and O–H groups in total. The molecule has 1 fully saturated rings. The summed E-state index contributed by atoms with van der Waals surface area (Å²) in [5.74, 6) is 0.254. The number of anilines is 2. The first kappa shape index (κ1) is 15.3. The summed E-state index contributed by atoms with van der Waals surface area (Å²) in [6.07, 6.45) is 5.25. The van der Waals surface area contributed by atoms with Crippen molar-refractivity contribution < 1.29 is 4.79 Å². The van der Waals surface area contributed by atoms with E-state index in [4.69, 9.17) is 0 Å². The summed E-state index contributed by atoms with van der Waals surface area (Å²) in [6.45, 7) is 1.82. The maximum atomic E-state index is 12.4. The number of H-pyrrole nitrogens is 1. The van der Waals surface area contributed by atoms with Gasteiger partial charge in [0.05, 0.1) is 11.6 Å². The maximum absolute atomic E-state index is 12.4. The maximum Gasteiger partial charge on any atom is 0.238 e. The fraction of sp³-hybridized carbons (Fsp3) is 0.385. The third-order valence-corrected chi connectivity index (χ3v) is 5.46. The highest BCUT2D eigenvalue weighted by Gasteiger charge is 2.23. The van der Waals surface area contributed by atoms with Gasteiger partial charge in [0, 0.05) is 6.04 Å². The molecule has 11 heteroatoms. The number of carbonyl (C=O) groups is 1. The summed E-state index contributed by atoms with van der Waals surface area (Å²) in [5, 5.41) is 14.8. The number of aromatic amines is 1. The molecule has 3 aromatic heterocycles. The van der Waals surface area contributed by atoms with Gasteiger partial charge in [-0.3, -0.25) is 4.79 Å². The van der Waals surface area contributed by atoms with Gasteiger partial charge < -0.3 is 15.6 Å². The van der Waals surface area contributed by atoms with Crippen molar-refractivity contribution in [2.24, 2.45) is 0 Å². The second kappa shape index (κ2) is 6.32. The van der Waals surface area contributed by atoms with Gasteiger partial charge >= 0.3 is 0 Å². The molecule has 0 radical (unpaired) electrons.